The molecule has 0 aromatic rings. The van der Waals surface area contributed by atoms with Crippen LogP contribution < -0.4 is 0 Å². The minimum Gasteiger partial charge on any atom is -0.0851 e. The summed E-state index contributed by atoms with van der Waals surface area (Å²) in [6, 6.07) is 0. The van der Waals surface area contributed by atoms with Crippen LogP contribution in [0.1, 0.15) is 83.5 Å². The highest BCUT2D eigenvalue weighted by Gasteiger charge is 2.35. The summed E-state index contributed by atoms with van der Waals surface area (Å²) in [4.78, 5) is 0. The van der Waals surface area contributed by atoms with Crippen molar-refractivity contribution in [2.75, 3.05) is 0 Å². The maximum Gasteiger partial charge on any atom is -0.0199 e. The molecular formula is C23H36. The SMILES string of the molecule is C1=CC2CC1CC2CCCCCCCCCC1CC2C=CC1C2. The molecule has 2 saturated carbocycles. The quantitative estimate of drug-likeness (QED) is 0.303. The lowest BCUT2D eigenvalue weighted by Gasteiger charge is -2.18. The van der Waals surface area contributed by atoms with Gasteiger partial charge in [0.1, 0.15) is 0 Å². The maximum absolute atomic E-state index is 2.52. The molecule has 23 heavy (non-hydrogen) atoms. The first kappa shape index (κ1) is 16.0. The molecule has 0 amide bonds. The minimum absolute atomic E-state index is 0.968. The molecule has 0 aromatic heterocycles. The fourth-order valence-corrected chi connectivity index (χ4v) is 6.15. The predicted molar refractivity (Wildman–Crippen MR) is 99.2 cm³/mol. The average Bonchev–Trinajstić information content (AvgIpc) is 3.33. The maximum atomic E-state index is 2.52. The van der Waals surface area contributed by atoms with Crippen LogP contribution in [0.25, 0.3) is 0 Å². The zero-order valence-corrected chi connectivity index (χ0v) is 15.0. The van der Waals surface area contributed by atoms with Crippen LogP contribution in [0.15, 0.2) is 24.3 Å². The van der Waals surface area contributed by atoms with Gasteiger partial charge in [0, 0.05) is 0 Å². The van der Waals surface area contributed by atoms with E-state index in [1.165, 1.54) is 83.5 Å². The summed E-state index contributed by atoms with van der Waals surface area (Å²) in [6.07, 6.45) is 29.5. The molecule has 6 atom stereocenters. The van der Waals surface area contributed by atoms with Crippen molar-refractivity contribution in [3.8, 4) is 0 Å². The van der Waals surface area contributed by atoms with Crippen molar-refractivity contribution < 1.29 is 0 Å². The Hall–Kier alpha value is -0.520. The summed E-state index contributed by atoms with van der Waals surface area (Å²) in [7, 11) is 0. The van der Waals surface area contributed by atoms with E-state index in [0.717, 1.165) is 35.5 Å². The summed E-state index contributed by atoms with van der Waals surface area (Å²) < 4.78 is 0. The van der Waals surface area contributed by atoms with Crippen LogP contribution in [0.2, 0.25) is 0 Å². The smallest absolute Gasteiger partial charge is 0.0199 e. The number of unbranched alkanes of at least 4 members (excludes halogenated alkanes) is 6. The Morgan fingerprint density at radius 2 is 0.913 bits per heavy atom. The van der Waals surface area contributed by atoms with E-state index < -0.39 is 0 Å². The number of fused-ring (bicyclic) bond motifs is 4. The molecule has 0 nitrogen and oxygen atoms in total. The molecule has 0 N–H and O–H groups in total. The summed E-state index contributed by atoms with van der Waals surface area (Å²) in [6.45, 7) is 0. The number of allylic oxidation sites excluding steroid dienone is 4. The molecule has 0 aromatic carbocycles. The van der Waals surface area contributed by atoms with Crippen LogP contribution in [-0.2, 0) is 0 Å². The van der Waals surface area contributed by atoms with Crippen LogP contribution in [-0.4, -0.2) is 0 Å². The third kappa shape index (κ3) is 3.94. The van der Waals surface area contributed by atoms with Gasteiger partial charge in [-0.25, -0.2) is 0 Å². The molecular weight excluding hydrogens is 276 g/mol. The average molecular weight is 313 g/mol. The lowest BCUT2D eigenvalue weighted by atomic mass is 9.88. The van der Waals surface area contributed by atoms with Gasteiger partial charge in [0.25, 0.3) is 0 Å². The monoisotopic (exact) mass is 312 g/mol. The number of rotatable bonds is 10. The van der Waals surface area contributed by atoms with E-state index >= 15 is 0 Å². The van der Waals surface area contributed by atoms with E-state index in [-0.39, 0.29) is 0 Å². The van der Waals surface area contributed by atoms with E-state index in [1.54, 1.807) is 0 Å². The first-order chi connectivity index (χ1) is 11.4. The van der Waals surface area contributed by atoms with Gasteiger partial charge in [-0.2, -0.15) is 0 Å². The molecule has 0 aliphatic heterocycles. The third-order valence-corrected chi connectivity index (χ3v) is 7.48. The Kier molecular flexibility index (Phi) is 5.26. The molecule has 4 rings (SSSR count). The number of hydrogen-bond acceptors (Lipinski definition) is 0. The molecule has 6 unspecified atom stereocenters. The Bertz CT molecular complexity index is 391. The van der Waals surface area contributed by atoms with E-state index in [4.69, 9.17) is 0 Å². The molecule has 0 heteroatoms. The highest BCUT2D eigenvalue weighted by molar-refractivity contribution is 5.10. The van der Waals surface area contributed by atoms with Crippen molar-refractivity contribution in [3.05, 3.63) is 24.3 Å². The zero-order chi connectivity index (χ0) is 15.5. The minimum atomic E-state index is 0.968. The molecule has 4 bridgehead atoms. The predicted octanol–water partition coefficient (Wildman–Crippen LogP) is 6.92. The second-order valence-electron chi connectivity index (χ2n) is 9.13. The first-order valence-corrected chi connectivity index (χ1v) is 10.7. The van der Waals surface area contributed by atoms with Gasteiger partial charge in [-0.3, -0.25) is 0 Å². The standard InChI is InChI=1S/C23H36/c1(2-4-6-8-20-14-18-10-12-22(20)16-18)3-5-7-9-21-15-19-11-13-23(21)17-19/h10-13,18-23H,1-9,14-17H2. The van der Waals surface area contributed by atoms with Gasteiger partial charge in [-0.05, 0) is 74.0 Å². The largest absolute Gasteiger partial charge is 0.0851 e. The van der Waals surface area contributed by atoms with E-state index in [2.05, 4.69) is 24.3 Å². The molecule has 0 radical (unpaired) electrons. The van der Waals surface area contributed by atoms with Gasteiger partial charge in [0.05, 0.1) is 0 Å². The molecule has 128 valence electrons. The fourth-order valence-electron chi connectivity index (χ4n) is 6.15. The lowest BCUT2D eigenvalue weighted by Crippen LogP contribution is -2.06. The van der Waals surface area contributed by atoms with Crippen LogP contribution in [0, 0.1) is 35.5 Å². The van der Waals surface area contributed by atoms with E-state index in [0.29, 0.717) is 0 Å². The second-order valence-corrected chi connectivity index (χ2v) is 9.13. The Labute approximate surface area is 143 Å². The van der Waals surface area contributed by atoms with Crippen LogP contribution in [0.3, 0.4) is 0 Å². The summed E-state index contributed by atoms with van der Waals surface area (Å²) in [5.41, 5.74) is 0. The van der Waals surface area contributed by atoms with Crippen LogP contribution >= 0.6 is 0 Å². The topological polar surface area (TPSA) is 0 Å². The van der Waals surface area contributed by atoms with Crippen molar-refractivity contribution >= 4 is 0 Å². The van der Waals surface area contributed by atoms with Crippen molar-refractivity contribution in [2.24, 2.45) is 35.5 Å². The summed E-state index contributed by atoms with van der Waals surface area (Å²) >= 11 is 0. The zero-order valence-electron chi connectivity index (χ0n) is 15.0. The molecule has 4 aliphatic rings. The van der Waals surface area contributed by atoms with Gasteiger partial charge in [0.15, 0.2) is 0 Å². The molecule has 0 saturated heterocycles. The van der Waals surface area contributed by atoms with Gasteiger partial charge in [0.2, 0.25) is 0 Å². The first-order valence-electron chi connectivity index (χ1n) is 10.7. The molecule has 2 fully saturated rings. The highest BCUT2D eigenvalue weighted by atomic mass is 14.4. The van der Waals surface area contributed by atoms with Gasteiger partial charge < -0.3 is 0 Å². The normalized spacial score (nSPS) is 39.8. The van der Waals surface area contributed by atoms with Crippen molar-refractivity contribution in [1.82, 2.24) is 0 Å². The molecule has 0 heterocycles. The van der Waals surface area contributed by atoms with Crippen molar-refractivity contribution in [3.63, 3.8) is 0 Å². The lowest BCUT2D eigenvalue weighted by molar-refractivity contribution is 0.386. The van der Waals surface area contributed by atoms with Crippen molar-refractivity contribution in [2.45, 2.75) is 83.5 Å². The Morgan fingerprint density at radius 3 is 1.26 bits per heavy atom. The van der Waals surface area contributed by atoms with Gasteiger partial charge in [-0.1, -0.05) is 69.2 Å². The van der Waals surface area contributed by atoms with Crippen molar-refractivity contribution in [1.29, 1.82) is 0 Å². The van der Waals surface area contributed by atoms with Crippen LogP contribution in [0.4, 0.5) is 0 Å². The van der Waals surface area contributed by atoms with E-state index in [1.807, 2.05) is 0 Å². The van der Waals surface area contributed by atoms with Crippen LogP contribution in [0.5, 0.6) is 0 Å². The van der Waals surface area contributed by atoms with Gasteiger partial charge in [-0.15, -0.1) is 0 Å². The van der Waals surface area contributed by atoms with E-state index in [9.17, 15) is 0 Å². The molecule has 0 spiro atoms. The summed E-state index contributed by atoms with van der Waals surface area (Å²) in [5.74, 6) is 5.99. The van der Waals surface area contributed by atoms with Gasteiger partial charge >= 0.3 is 0 Å². The highest BCUT2D eigenvalue weighted by Crippen LogP contribution is 2.46. The Balaban J connectivity index is 0.963. The molecule has 4 aliphatic carbocycles. The summed E-state index contributed by atoms with van der Waals surface area (Å²) in [5, 5.41) is 0. The fraction of sp³-hybridized carbons (Fsp3) is 0.826. The second kappa shape index (κ2) is 7.58. The third-order valence-electron chi connectivity index (χ3n) is 7.48. The Morgan fingerprint density at radius 1 is 0.478 bits per heavy atom. The number of hydrogen-bond donors (Lipinski definition) is 0.